The highest BCUT2D eigenvalue weighted by atomic mass is 16.5. The van der Waals surface area contributed by atoms with Crippen molar-refractivity contribution >= 4 is 5.97 Å². The fraction of sp³-hybridized carbons (Fsp3) is 0.900. The van der Waals surface area contributed by atoms with E-state index in [1.54, 1.807) is 0 Å². The van der Waals surface area contributed by atoms with E-state index in [2.05, 4.69) is 12.2 Å². The van der Waals surface area contributed by atoms with Crippen LogP contribution in [0.25, 0.3) is 0 Å². The fourth-order valence-electron chi connectivity index (χ4n) is 1.88. The number of hydrogen-bond acceptors (Lipinski definition) is 3. The lowest BCUT2D eigenvalue weighted by molar-refractivity contribution is -0.144. The van der Waals surface area contributed by atoms with E-state index in [9.17, 15) is 4.79 Å². The summed E-state index contributed by atoms with van der Waals surface area (Å²) >= 11 is 0. The van der Waals surface area contributed by atoms with Crippen molar-refractivity contribution in [3.8, 4) is 0 Å². The van der Waals surface area contributed by atoms with Crippen molar-refractivity contribution in [1.82, 2.24) is 5.32 Å². The first-order chi connectivity index (χ1) is 6.22. The summed E-state index contributed by atoms with van der Waals surface area (Å²) in [7, 11) is 0. The second-order valence-corrected chi connectivity index (χ2v) is 3.75. The van der Waals surface area contributed by atoms with Gasteiger partial charge in [-0.05, 0) is 39.2 Å². The number of carbonyl (C=O) groups is 1. The molecule has 1 heterocycles. The number of rotatable bonds is 3. The Morgan fingerprint density at radius 1 is 1.62 bits per heavy atom. The van der Waals surface area contributed by atoms with Crippen molar-refractivity contribution in [3.05, 3.63) is 0 Å². The highest BCUT2D eigenvalue weighted by molar-refractivity contribution is 5.69. The molecule has 2 atom stereocenters. The minimum Gasteiger partial charge on any atom is -0.466 e. The molecule has 0 amide bonds. The van der Waals surface area contributed by atoms with E-state index in [0.717, 1.165) is 19.4 Å². The summed E-state index contributed by atoms with van der Waals surface area (Å²) in [5.41, 5.74) is 0. The first kappa shape index (κ1) is 10.5. The van der Waals surface area contributed by atoms with Crippen molar-refractivity contribution < 1.29 is 9.53 Å². The van der Waals surface area contributed by atoms with Gasteiger partial charge in [0, 0.05) is 12.5 Å². The molecule has 0 aromatic carbocycles. The van der Waals surface area contributed by atoms with Gasteiger partial charge in [-0.1, -0.05) is 0 Å². The Hall–Kier alpha value is -0.570. The molecule has 0 unspecified atom stereocenters. The van der Waals surface area contributed by atoms with E-state index < -0.39 is 0 Å². The van der Waals surface area contributed by atoms with Gasteiger partial charge in [0.15, 0.2) is 0 Å². The molecule has 76 valence electrons. The molecule has 0 aliphatic carbocycles. The Balaban J connectivity index is 2.23. The average molecular weight is 185 g/mol. The van der Waals surface area contributed by atoms with Crippen LogP contribution in [0, 0.1) is 5.92 Å². The van der Waals surface area contributed by atoms with Crippen LogP contribution < -0.4 is 5.32 Å². The lowest BCUT2D eigenvalue weighted by Crippen LogP contribution is -2.36. The summed E-state index contributed by atoms with van der Waals surface area (Å²) in [6.07, 6.45) is 2.79. The van der Waals surface area contributed by atoms with E-state index >= 15 is 0 Å². The summed E-state index contributed by atoms with van der Waals surface area (Å²) in [6, 6.07) is 0.549. The summed E-state index contributed by atoms with van der Waals surface area (Å²) in [5.74, 6) is 0.483. The molecule has 1 aliphatic heterocycles. The van der Waals surface area contributed by atoms with Gasteiger partial charge in [-0.2, -0.15) is 0 Å². The smallest absolute Gasteiger partial charge is 0.306 e. The first-order valence-corrected chi connectivity index (χ1v) is 5.11. The molecule has 1 fully saturated rings. The molecule has 0 spiro atoms. The average Bonchev–Trinajstić information content (AvgIpc) is 2.04. The van der Waals surface area contributed by atoms with Crippen LogP contribution in [0.15, 0.2) is 0 Å². The molecule has 0 aromatic heterocycles. The molecule has 1 aliphatic rings. The topological polar surface area (TPSA) is 38.3 Å². The molecule has 3 heteroatoms. The van der Waals surface area contributed by atoms with Crippen molar-refractivity contribution in [2.45, 2.75) is 39.2 Å². The number of nitrogens with one attached hydrogen (secondary N) is 1. The molecule has 0 bridgehead atoms. The van der Waals surface area contributed by atoms with Gasteiger partial charge in [0.05, 0.1) is 6.61 Å². The maximum absolute atomic E-state index is 11.2. The van der Waals surface area contributed by atoms with Gasteiger partial charge in [-0.25, -0.2) is 0 Å². The predicted octanol–water partition coefficient (Wildman–Crippen LogP) is 1.33. The van der Waals surface area contributed by atoms with Gasteiger partial charge >= 0.3 is 5.97 Å². The highest BCUT2D eigenvalue weighted by Crippen LogP contribution is 2.19. The molecule has 0 radical (unpaired) electrons. The van der Waals surface area contributed by atoms with Crippen molar-refractivity contribution in [1.29, 1.82) is 0 Å². The summed E-state index contributed by atoms with van der Waals surface area (Å²) < 4.78 is 4.92. The van der Waals surface area contributed by atoms with E-state index in [0.29, 0.717) is 25.0 Å². The summed E-state index contributed by atoms with van der Waals surface area (Å²) in [6.45, 7) is 5.55. The monoisotopic (exact) mass is 185 g/mol. The van der Waals surface area contributed by atoms with Gasteiger partial charge in [0.25, 0.3) is 0 Å². The van der Waals surface area contributed by atoms with Crippen LogP contribution in [-0.2, 0) is 9.53 Å². The Kier molecular flexibility index (Phi) is 4.22. The molecule has 13 heavy (non-hydrogen) atoms. The number of carbonyl (C=O) groups excluding carboxylic acids is 1. The summed E-state index contributed by atoms with van der Waals surface area (Å²) in [5, 5.41) is 3.37. The minimum atomic E-state index is -0.0402. The quantitative estimate of drug-likeness (QED) is 0.674. The molecular formula is C10H19NO2. The standard InChI is InChI=1S/C10H19NO2/c1-3-13-10(12)7-9-4-5-11-8(2)6-9/h8-9,11H,3-7H2,1-2H3/t8-,9+/m1/s1. The molecule has 1 saturated heterocycles. The number of ether oxygens (including phenoxy) is 1. The number of piperidine rings is 1. The van der Waals surface area contributed by atoms with E-state index in [1.807, 2.05) is 6.92 Å². The fourth-order valence-corrected chi connectivity index (χ4v) is 1.88. The minimum absolute atomic E-state index is 0.0402. The van der Waals surface area contributed by atoms with E-state index in [-0.39, 0.29) is 5.97 Å². The normalized spacial score (nSPS) is 28.5. The molecule has 3 nitrogen and oxygen atoms in total. The Bertz CT molecular complexity index is 170. The van der Waals surface area contributed by atoms with Gasteiger partial charge in [-0.3, -0.25) is 4.79 Å². The second-order valence-electron chi connectivity index (χ2n) is 3.75. The third kappa shape index (κ3) is 3.77. The van der Waals surface area contributed by atoms with Gasteiger partial charge in [0.1, 0.15) is 0 Å². The molecule has 1 N–H and O–H groups in total. The second kappa shape index (κ2) is 5.22. The van der Waals surface area contributed by atoms with Crippen LogP contribution in [0.3, 0.4) is 0 Å². The van der Waals surface area contributed by atoms with Gasteiger partial charge in [-0.15, -0.1) is 0 Å². The maximum Gasteiger partial charge on any atom is 0.306 e. The van der Waals surface area contributed by atoms with E-state index in [1.165, 1.54) is 0 Å². The third-order valence-electron chi connectivity index (χ3n) is 2.49. The van der Waals surface area contributed by atoms with Gasteiger partial charge < -0.3 is 10.1 Å². The highest BCUT2D eigenvalue weighted by Gasteiger charge is 2.21. The van der Waals surface area contributed by atoms with Crippen molar-refractivity contribution in [2.75, 3.05) is 13.2 Å². The van der Waals surface area contributed by atoms with Gasteiger partial charge in [0.2, 0.25) is 0 Å². The van der Waals surface area contributed by atoms with Crippen LogP contribution >= 0.6 is 0 Å². The summed E-state index contributed by atoms with van der Waals surface area (Å²) in [4.78, 5) is 11.2. The molecule has 1 rings (SSSR count). The van der Waals surface area contributed by atoms with Crippen LogP contribution in [0.5, 0.6) is 0 Å². The Morgan fingerprint density at radius 3 is 3.00 bits per heavy atom. The molecule has 0 aromatic rings. The third-order valence-corrected chi connectivity index (χ3v) is 2.49. The first-order valence-electron chi connectivity index (χ1n) is 5.11. The largest absolute Gasteiger partial charge is 0.466 e. The number of esters is 1. The lowest BCUT2D eigenvalue weighted by atomic mass is 9.90. The zero-order valence-electron chi connectivity index (χ0n) is 8.51. The van der Waals surface area contributed by atoms with Crippen molar-refractivity contribution in [3.63, 3.8) is 0 Å². The van der Waals surface area contributed by atoms with Crippen LogP contribution in [-0.4, -0.2) is 25.2 Å². The van der Waals surface area contributed by atoms with Crippen LogP contribution in [0.2, 0.25) is 0 Å². The maximum atomic E-state index is 11.2. The number of hydrogen-bond donors (Lipinski definition) is 1. The van der Waals surface area contributed by atoms with Crippen molar-refractivity contribution in [2.24, 2.45) is 5.92 Å². The zero-order chi connectivity index (χ0) is 9.68. The zero-order valence-corrected chi connectivity index (χ0v) is 8.51. The van der Waals surface area contributed by atoms with Crippen LogP contribution in [0.4, 0.5) is 0 Å². The Morgan fingerprint density at radius 2 is 2.38 bits per heavy atom. The SMILES string of the molecule is CCOC(=O)C[C@H]1CCN[C@H](C)C1. The van der Waals surface area contributed by atoms with Crippen LogP contribution in [0.1, 0.15) is 33.1 Å². The molecular weight excluding hydrogens is 166 g/mol. The lowest BCUT2D eigenvalue weighted by Gasteiger charge is -2.27. The Labute approximate surface area is 79.8 Å². The van der Waals surface area contributed by atoms with E-state index in [4.69, 9.17) is 4.74 Å². The molecule has 0 saturated carbocycles. The predicted molar refractivity (Wildman–Crippen MR) is 51.4 cm³/mol.